The minimum atomic E-state index is -0.722. The van der Waals surface area contributed by atoms with E-state index in [2.05, 4.69) is 4.98 Å². The van der Waals surface area contributed by atoms with E-state index in [1.165, 1.54) is 17.0 Å². The van der Waals surface area contributed by atoms with Gasteiger partial charge in [-0.2, -0.15) is 0 Å². The van der Waals surface area contributed by atoms with Crippen LogP contribution in [0.3, 0.4) is 0 Å². The second-order valence-electron chi connectivity index (χ2n) is 2.97. The van der Waals surface area contributed by atoms with Gasteiger partial charge in [0.2, 0.25) is 11.8 Å². The Labute approximate surface area is 79.2 Å². The zero-order chi connectivity index (χ0) is 10.3. The van der Waals surface area contributed by atoms with Crippen LogP contribution in [0.2, 0.25) is 0 Å². The summed E-state index contributed by atoms with van der Waals surface area (Å²) in [4.78, 5) is 2.74. The number of hydrogen-bond acceptors (Lipinski definition) is 0. The molecule has 0 aliphatic rings. The third-order valence-corrected chi connectivity index (χ3v) is 2.10. The third-order valence-electron chi connectivity index (χ3n) is 2.10. The number of halogens is 2. The lowest BCUT2D eigenvalue weighted by Crippen LogP contribution is -2.26. The highest BCUT2D eigenvalue weighted by Gasteiger charge is 2.19. The molecule has 2 rings (SSSR count). The molecule has 14 heavy (non-hydrogen) atoms. The standard InChI is InChI=1S/C10H6F2N2/c1-3-6-7(11)4-8-10(9(6)12)14(2)5-13-8/h1,4-5H,2H3/p+1. The van der Waals surface area contributed by atoms with Crippen molar-refractivity contribution in [1.29, 1.82) is 0 Å². The van der Waals surface area contributed by atoms with Crippen molar-refractivity contribution >= 4 is 11.0 Å². The SMILES string of the molecule is C#Cc1c(F)cc2[nH]c[n+](C)c2c1F. The Balaban J connectivity index is 2.98. The average Bonchev–Trinajstić information content (AvgIpc) is 2.48. The summed E-state index contributed by atoms with van der Waals surface area (Å²) in [6.45, 7) is 0. The highest BCUT2D eigenvalue weighted by atomic mass is 19.1. The Morgan fingerprint density at radius 1 is 1.50 bits per heavy atom. The summed E-state index contributed by atoms with van der Waals surface area (Å²) in [7, 11) is 1.65. The normalized spacial score (nSPS) is 10.4. The van der Waals surface area contributed by atoms with Gasteiger partial charge in [-0.3, -0.25) is 0 Å². The number of aromatic amines is 1. The molecule has 70 valence electrons. The molecule has 1 aromatic carbocycles. The van der Waals surface area contributed by atoms with E-state index < -0.39 is 11.6 Å². The van der Waals surface area contributed by atoms with Crippen molar-refractivity contribution < 1.29 is 13.3 Å². The van der Waals surface area contributed by atoms with Gasteiger partial charge in [-0.05, 0) is 0 Å². The lowest BCUT2D eigenvalue weighted by Gasteiger charge is -1.96. The van der Waals surface area contributed by atoms with Gasteiger partial charge in [0, 0.05) is 6.07 Å². The predicted octanol–water partition coefficient (Wildman–Crippen LogP) is 1.25. The van der Waals surface area contributed by atoms with Gasteiger partial charge in [-0.25, -0.2) is 18.3 Å². The third kappa shape index (κ3) is 0.990. The minimum Gasteiger partial charge on any atom is -0.243 e. The summed E-state index contributed by atoms with van der Waals surface area (Å²) in [5.41, 5.74) is 0.341. The van der Waals surface area contributed by atoms with E-state index in [-0.39, 0.29) is 11.1 Å². The molecule has 1 heterocycles. The van der Waals surface area contributed by atoms with E-state index in [1.54, 1.807) is 7.05 Å². The average molecular weight is 193 g/mol. The molecule has 0 fully saturated rings. The van der Waals surface area contributed by atoms with Crippen LogP contribution in [0.15, 0.2) is 12.4 Å². The van der Waals surface area contributed by atoms with Crippen molar-refractivity contribution in [1.82, 2.24) is 4.98 Å². The Hall–Kier alpha value is -1.89. The number of nitrogens with zero attached hydrogens (tertiary/aromatic N) is 1. The van der Waals surface area contributed by atoms with Crippen molar-refractivity contribution in [2.45, 2.75) is 0 Å². The molecule has 0 spiro atoms. The fourth-order valence-corrected chi connectivity index (χ4v) is 1.43. The quantitative estimate of drug-likeness (QED) is 0.480. The lowest BCUT2D eigenvalue weighted by molar-refractivity contribution is -0.645. The molecule has 0 atom stereocenters. The molecule has 0 unspecified atom stereocenters. The van der Waals surface area contributed by atoms with Gasteiger partial charge in [0.05, 0.1) is 7.05 Å². The van der Waals surface area contributed by atoms with Crippen LogP contribution >= 0.6 is 0 Å². The molecular weight excluding hydrogens is 186 g/mol. The maximum absolute atomic E-state index is 13.6. The second-order valence-corrected chi connectivity index (χ2v) is 2.97. The van der Waals surface area contributed by atoms with Crippen LogP contribution in [-0.4, -0.2) is 4.98 Å². The van der Waals surface area contributed by atoms with Crippen molar-refractivity contribution in [3.63, 3.8) is 0 Å². The maximum Gasteiger partial charge on any atom is 0.242 e. The number of fused-ring (bicyclic) bond motifs is 1. The van der Waals surface area contributed by atoms with Crippen LogP contribution < -0.4 is 4.57 Å². The highest BCUT2D eigenvalue weighted by molar-refractivity contribution is 5.74. The number of benzene rings is 1. The molecule has 0 aliphatic carbocycles. The van der Waals surface area contributed by atoms with Crippen LogP contribution in [0.5, 0.6) is 0 Å². The molecule has 0 bridgehead atoms. The molecule has 1 aromatic heterocycles. The number of aryl methyl sites for hydroxylation is 1. The second kappa shape index (κ2) is 2.81. The first-order valence-electron chi connectivity index (χ1n) is 3.96. The van der Waals surface area contributed by atoms with E-state index in [0.717, 1.165) is 0 Å². The molecule has 2 nitrogen and oxygen atoms in total. The largest absolute Gasteiger partial charge is 0.243 e. The van der Waals surface area contributed by atoms with Crippen LogP contribution in [0.1, 0.15) is 5.56 Å². The van der Waals surface area contributed by atoms with Crippen LogP contribution in [0.4, 0.5) is 8.78 Å². The topological polar surface area (TPSA) is 19.7 Å². The zero-order valence-corrected chi connectivity index (χ0v) is 7.44. The van der Waals surface area contributed by atoms with Gasteiger partial charge in [0.1, 0.15) is 11.4 Å². The number of rotatable bonds is 0. The lowest BCUT2D eigenvalue weighted by atomic mass is 10.2. The number of terminal acetylenes is 1. The Bertz CT molecular complexity index is 549. The summed E-state index contributed by atoms with van der Waals surface area (Å²) in [5.74, 6) is 0.571. The van der Waals surface area contributed by atoms with Crippen molar-refractivity contribution in [2.24, 2.45) is 7.05 Å². The monoisotopic (exact) mass is 193 g/mol. The summed E-state index contributed by atoms with van der Waals surface area (Å²) in [6, 6.07) is 1.19. The number of imidazole rings is 1. The number of aromatic nitrogens is 2. The molecule has 0 saturated carbocycles. The van der Waals surface area contributed by atoms with Crippen molar-refractivity contribution in [3.05, 3.63) is 29.6 Å². The number of hydrogen-bond donors (Lipinski definition) is 1. The fraction of sp³-hybridized carbons (Fsp3) is 0.100. The first-order chi connectivity index (χ1) is 6.65. The fourth-order valence-electron chi connectivity index (χ4n) is 1.43. The van der Waals surface area contributed by atoms with Crippen LogP contribution in [0.25, 0.3) is 11.0 Å². The van der Waals surface area contributed by atoms with Crippen LogP contribution in [-0.2, 0) is 7.05 Å². The molecule has 0 amide bonds. The van der Waals surface area contributed by atoms with Gasteiger partial charge in [0.15, 0.2) is 11.3 Å². The van der Waals surface area contributed by atoms with Gasteiger partial charge < -0.3 is 0 Å². The first kappa shape index (κ1) is 8.70. The maximum atomic E-state index is 13.6. The number of H-pyrrole nitrogens is 1. The van der Waals surface area contributed by atoms with Crippen molar-refractivity contribution in [2.75, 3.05) is 0 Å². The number of nitrogens with one attached hydrogen (secondary N) is 1. The smallest absolute Gasteiger partial charge is 0.242 e. The summed E-state index contributed by atoms with van der Waals surface area (Å²) in [5, 5.41) is 0. The Kier molecular flexibility index (Phi) is 1.74. The molecule has 0 aliphatic heterocycles. The first-order valence-corrected chi connectivity index (χ1v) is 3.96. The molecule has 2 aromatic rings. The van der Waals surface area contributed by atoms with E-state index >= 15 is 0 Å². The van der Waals surface area contributed by atoms with Gasteiger partial charge in [-0.1, -0.05) is 5.92 Å². The molecule has 0 saturated heterocycles. The molecule has 0 radical (unpaired) electrons. The van der Waals surface area contributed by atoms with E-state index in [1.807, 2.05) is 5.92 Å². The molecular formula is C10H7F2N2+. The Morgan fingerprint density at radius 2 is 2.21 bits per heavy atom. The van der Waals surface area contributed by atoms with Gasteiger partial charge in [-0.15, -0.1) is 6.42 Å². The van der Waals surface area contributed by atoms with Gasteiger partial charge >= 0.3 is 0 Å². The van der Waals surface area contributed by atoms with E-state index in [9.17, 15) is 8.78 Å². The summed E-state index contributed by atoms with van der Waals surface area (Å²) in [6.07, 6.45) is 6.55. The van der Waals surface area contributed by atoms with Gasteiger partial charge in [0.25, 0.3) is 0 Å². The van der Waals surface area contributed by atoms with E-state index in [4.69, 9.17) is 6.42 Å². The minimum absolute atomic E-state index is 0.277. The summed E-state index contributed by atoms with van der Waals surface area (Å²) < 4.78 is 28.3. The zero-order valence-electron chi connectivity index (χ0n) is 7.44. The van der Waals surface area contributed by atoms with E-state index in [0.29, 0.717) is 5.52 Å². The van der Waals surface area contributed by atoms with Crippen LogP contribution in [0, 0.1) is 24.0 Å². The van der Waals surface area contributed by atoms with Crippen molar-refractivity contribution in [3.8, 4) is 12.3 Å². The Morgan fingerprint density at radius 3 is 2.86 bits per heavy atom. The predicted molar refractivity (Wildman–Crippen MR) is 47.3 cm³/mol. The highest BCUT2D eigenvalue weighted by Crippen LogP contribution is 2.19. The summed E-state index contributed by atoms with van der Waals surface area (Å²) >= 11 is 0. The molecule has 4 heteroatoms. The molecule has 1 N–H and O–H groups in total.